The zero-order valence-corrected chi connectivity index (χ0v) is 22.1. The molecule has 1 aliphatic heterocycles. The van der Waals surface area contributed by atoms with Crippen LogP contribution in [0.3, 0.4) is 0 Å². The van der Waals surface area contributed by atoms with Crippen molar-refractivity contribution in [2.45, 2.75) is 40.2 Å². The summed E-state index contributed by atoms with van der Waals surface area (Å²) in [5, 5.41) is 0. The average Bonchev–Trinajstić information content (AvgIpc) is 3.36. The predicted molar refractivity (Wildman–Crippen MR) is 135 cm³/mol. The van der Waals surface area contributed by atoms with E-state index in [9.17, 15) is 4.79 Å². The number of esters is 1. The fourth-order valence-electron chi connectivity index (χ4n) is 4.96. The molecule has 3 atom stereocenters. The van der Waals surface area contributed by atoms with Gasteiger partial charge in [-0.2, -0.15) is 0 Å². The molecule has 0 N–H and O–H groups in total. The predicted octanol–water partition coefficient (Wildman–Crippen LogP) is 5.50. The van der Waals surface area contributed by atoms with Crippen LogP contribution >= 0.6 is 0 Å². The van der Waals surface area contributed by atoms with Gasteiger partial charge in [-0.05, 0) is 43.9 Å². The Kier molecular flexibility index (Phi) is 7.24. The van der Waals surface area contributed by atoms with Gasteiger partial charge in [-0.25, -0.2) is 4.79 Å². The van der Waals surface area contributed by atoms with E-state index in [1.54, 1.807) is 41.4 Å². The molecular formula is C28H34O8. The van der Waals surface area contributed by atoms with Crippen molar-refractivity contribution in [3.8, 4) is 45.6 Å². The maximum absolute atomic E-state index is 13.0. The van der Waals surface area contributed by atoms with Gasteiger partial charge in [0.05, 0.1) is 28.4 Å². The molecule has 2 aromatic carbocycles. The van der Waals surface area contributed by atoms with Crippen molar-refractivity contribution in [1.29, 1.82) is 0 Å². The second-order valence-corrected chi connectivity index (χ2v) is 9.13. The normalized spacial score (nSPS) is 20.4. The zero-order chi connectivity index (χ0) is 26.1. The van der Waals surface area contributed by atoms with Crippen LogP contribution in [0.1, 0.15) is 44.9 Å². The number of ether oxygens (including phenoxy) is 7. The molecule has 0 radical (unpaired) electrons. The van der Waals surface area contributed by atoms with E-state index in [1.807, 2.05) is 19.1 Å². The second kappa shape index (κ2) is 10.2. The van der Waals surface area contributed by atoms with Crippen LogP contribution in [-0.2, 0) is 16.0 Å². The van der Waals surface area contributed by atoms with Crippen molar-refractivity contribution in [2.75, 3.05) is 35.2 Å². The fourth-order valence-corrected chi connectivity index (χ4v) is 4.96. The van der Waals surface area contributed by atoms with Crippen LogP contribution in [0.5, 0.6) is 34.5 Å². The molecule has 2 aromatic rings. The first-order valence-corrected chi connectivity index (χ1v) is 12.0. The van der Waals surface area contributed by atoms with Crippen molar-refractivity contribution in [2.24, 2.45) is 11.8 Å². The number of fused-ring (bicyclic) bond motifs is 4. The molecule has 2 aliphatic rings. The first-order chi connectivity index (χ1) is 17.3. The highest BCUT2D eigenvalue weighted by molar-refractivity contribution is 5.90. The van der Waals surface area contributed by atoms with Gasteiger partial charge in [-0.15, -0.1) is 0 Å². The van der Waals surface area contributed by atoms with E-state index in [2.05, 4.69) is 13.8 Å². The summed E-state index contributed by atoms with van der Waals surface area (Å²) in [7, 11) is 6.35. The Morgan fingerprint density at radius 3 is 2.25 bits per heavy atom. The molecule has 1 heterocycles. The van der Waals surface area contributed by atoms with Gasteiger partial charge in [0, 0.05) is 28.2 Å². The molecule has 194 valence electrons. The lowest BCUT2D eigenvalue weighted by molar-refractivity contribution is -0.148. The minimum atomic E-state index is -0.577. The number of carbonyl (C=O) groups is 1. The van der Waals surface area contributed by atoms with Crippen LogP contribution in [0.25, 0.3) is 11.1 Å². The molecule has 0 saturated heterocycles. The molecule has 0 fully saturated rings. The van der Waals surface area contributed by atoms with Crippen molar-refractivity contribution in [1.82, 2.24) is 0 Å². The third kappa shape index (κ3) is 4.08. The highest BCUT2D eigenvalue weighted by atomic mass is 16.7. The van der Waals surface area contributed by atoms with Gasteiger partial charge in [-0.1, -0.05) is 19.9 Å². The Morgan fingerprint density at radius 1 is 0.944 bits per heavy atom. The highest BCUT2D eigenvalue weighted by Crippen LogP contribution is 2.58. The monoisotopic (exact) mass is 498 g/mol. The lowest BCUT2D eigenvalue weighted by atomic mass is 9.75. The summed E-state index contributed by atoms with van der Waals surface area (Å²) in [6.07, 6.45) is 1.85. The van der Waals surface area contributed by atoms with Gasteiger partial charge in [0.2, 0.25) is 18.3 Å². The van der Waals surface area contributed by atoms with E-state index in [1.165, 1.54) is 0 Å². The van der Waals surface area contributed by atoms with Crippen LogP contribution in [0.2, 0.25) is 0 Å². The van der Waals surface area contributed by atoms with Crippen LogP contribution in [0, 0.1) is 11.8 Å². The highest BCUT2D eigenvalue weighted by Gasteiger charge is 2.40. The molecule has 8 nitrogen and oxygen atoms in total. The minimum absolute atomic E-state index is 0.0327. The lowest BCUT2D eigenvalue weighted by Gasteiger charge is -2.35. The number of benzene rings is 2. The van der Waals surface area contributed by atoms with Gasteiger partial charge >= 0.3 is 5.97 Å². The summed E-state index contributed by atoms with van der Waals surface area (Å²) < 4.78 is 41.0. The second-order valence-electron chi connectivity index (χ2n) is 9.13. The lowest BCUT2D eigenvalue weighted by Crippen LogP contribution is -2.27. The molecule has 0 bridgehead atoms. The van der Waals surface area contributed by atoms with Crippen molar-refractivity contribution in [3.05, 3.63) is 34.9 Å². The summed E-state index contributed by atoms with van der Waals surface area (Å²) in [6, 6.07) is 3.86. The smallest absolute Gasteiger partial charge is 0.333 e. The first kappa shape index (κ1) is 25.5. The fraction of sp³-hybridized carbons (Fsp3) is 0.464. The number of methoxy groups -OCH3 is 4. The number of hydrogen-bond acceptors (Lipinski definition) is 8. The van der Waals surface area contributed by atoms with Crippen molar-refractivity contribution in [3.63, 3.8) is 0 Å². The van der Waals surface area contributed by atoms with Crippen LogP contribution < -0.4 is 28.4 Å². The number of hydrogen-bond donors (Lipinski definition) is 0. The molecule has 8 heteroatoms. The van der Waals surface area contributed by atoms with E-state index in [-0.39, 0.29) is 24.6 Å². The molecule has 0 aromatic heterocycles. The zero-order valence-electron chi connectivity index (χ0n) is 22.1. The molecule has 0 amide bonds. The van der Waals surface area contributed by atoms with Crippen LogP contribution in [0.15, 0.2) is 23.8 Å². The van der Waals surface area contributed by atoms with Crippen molar-refractivity contribution >= 4 is 5.97 Å². The van der Waals surface area contributed by atoms with Gasteiger partial charge in [-0.3, -0.25) is 0 Å². The Balaban J connectivity index is 2.12. The Labute approximate surface area is 212 Å². The molecule has 1 aliphatic carbocycles. The van der Waals surface area contributed by atoms with E-state index in [0.29, 0.717) is 52.1 Å². The Morgan fingerprint density at radius 2 is 1.64 bits per heavy atom. The minimum Gasteiger partial charge on any atom is -0.493 e. The molecule has 4 rings (SSSR count). The third-order valence-corrected chi connectivity index (χ3v) is 7.23. The standard InChI is InChI=1S/C28H34O8/c1-9-14(2)28(29)36-23-16(4)15(3)10-17-11-19(30-5)24(31-6)26(32-7)21(17)22-18(23)12-20-25(27(22)33-8)35-13-34-20/h9,11-12,15-16,23H,10,13H2,1-8H3/b14-9-/t15-,16+,23+/m1/s1. The molecule has 0 saturated carbocycles. The van der Waals surface area contributed by atoms with E-state index >= 15 is 0 Å². The first-order valence-electron chi connectivity index (χ1n) is 12.0. The van der Waals surface area contributed by atoms with Gasteiger partial charge in [0.25, 0.3) is 0 Å². The maximum atomic E-state index is 13.0. The van der Waals surface area contributed by atoms with E-state index in [0.717, 1.165) is 16.7 Å². The summed E-state index contributed by atoms with van der Waals surface area (Å²) in [5.74, 6) is 2.79. The van der Waals surface area contributed by atoms with E-state index < -0.39 is 6.10 Å². The van der Waals surface area contributed by atoms with Gasteiger partial charge in [0.15, 0.2) is 23.0 Å². The summed E-state index contributed by atoms with van der Waals surface area (Å²) >= 11 is 0. The molecular weight excluding hydrogens is 464 g/mol. The Hall–Kier alpha value is -3.55. The maximum Gasteiger partial charge on any atom is 0.333 e. The SMILES string of the molecule is C/C=C(/C)C(=O)O[C@@H]1c2cc3c(c(OC)c2-c2c(cc(OC)c(OC)c2OC)C[C@@H](C)[C@@H]1C)OCO3. The largest absolute Gasteiger partial charge is 0.493 e. The van der Waals surface area contributed by atoms with Gasteiger partial charge < -0.3 is 33.2 Å². The quantitative estimate of drug-likeness (QED) is 0.382. The topological polar surface area (TPSA) is 81.7 Å². The number of carbonyl (C=O) groups excluding carboxylic acids is 1. The average molecular weight is 499 g/mol. The summed E-state index contributed by atoms with van der Waals surface area (Å²) in [4.78, 5) is 13.0. The van der Waals surface area contributed by atoms with Crippen molar-refractivity contribution < 1.29 is 38.0 Å². The van der Waals surface area contributed by atoms with Crippen LogP contribution in [0.4, 0.5) is 0 Å². The summed E-state index contributed by atoms with van der Waals surface area (Å²) in [5.41, 5.74) is 3.78. The number of rotatable bonds is 6. The molecule has 36 heavy (non-hydrogen) atoms. The summed E-state index contributed by atoms with van der Waals surface area (Å²) in [6.45, 7) is 7.87. The van der Waals surface area contributed by atoms with Gasteiger partial charge in [0.1, 0.15) is 6.10 Å². The van der Waals surface area contributed by atoms with Crippen LogP contribution in [-0.4, -0.2) is 41.2 Å². The third-order valence-electron chi connectivity index (χ3n) is 7.23. The Bertz CT molecular complexity index is 1200. The number of allylic oxidation sites excluding steroid dienone is 1. The van der Waals surface area contributed by atoms with E-state index in [4.69, 9.17) is 33.2 Å². The molecule has 0 spiro atoms. The molecule has 0 unspecified atom stereocenters.